The maximum atomic E-state index is 13.4. The Bertz CT molecular complexity index is 6910. The number of nitrogens with zero attached hydrogens (tertiary/aromatic N) is 16. The number of piperidine rings is 6. The van der Waals surface area contributed by atoms with Crippen molar-refractivity contribution < 1.29 is 49.5 Å². The van der Waals surface area contributed by atoms with Gasteiger partial charge in [0.15, 0.2) is 11.5 Å². The molecule has 149 heavy (non-hydrogen) atoms. The number of urea groups is 3. The topological polar surface area (TPSA) is 539 Å². The molecule has 790 valence electrons. The highest BCUT2D eigenvalue weighted by molar-refractivity contribution is 7.90. The van der Waals surface area contributed by atoms with E-state index < -0.39 is 30.1 Å². The first-order valence-electron chi connectivity index (χ1n) is 51.1. The second-order valence-corrected chi connectivity index (χ2v) is 44.2. The van der Waals surface area contributed by atoms with Crippen LogP contribution >= 0.6 is 0 Å². The number of carbonyl (C=O) groups is 3. The molecule has 6 amide bonds. The number of sulfonamides is 3. The summed E-state index contributed by atoms with van der Waals surface area (Å²) in [5, 5.41) is 24.2. The summed E-state index contributed by atoms with van der Waals surface area (Å²) in [6.45, 7) is 17.3. The van der Waals surface area contributed by atoms with Gasteiger partial charge in [-0.05, 0) is 236 Å². The number of anilines is 3. The van der Waals surface area contributed by atoms with Gasteiger partial charge in [-0.3, -0.25) is 40.2 Å². The lowest BCUT2D eigenvalue weighted by atomic mass is 9.86. The summed E-state index contributed by atoms with van der Waals surface area (Å²) in [5.74, 6) is 2.85. The molecule has 6 unspecified atom stereocenters. The third-order valence-electron chi connectivity index (χ3n) is 29.0. The van der Waals surface area contributed by atoms with Crippen LogP contribution in [0, 0.1) is 35.5 Å². The van der Waals surface area contributed by atoms with Crippen LogP contribution in [-0.4, -0.2) is 259 Å². The summed E-state index contributed by atoms with van der Waals surface area (Å²) in [6.07, 6.45) is 44.9. The number of methoxy groups -OCH3 is 1. The number of aromatic nitrogens is 11. The van der Waals surface area contributed by atoms with E-state index in [-0.39, 0.29) is 66.0 Å². The van der Waals surface area contributed by atoms with Gasteiger partial charge in [0, 0.05) is 257 Å². The van der Waals surface area contributed by atoms with Crippen molar-refractivity contribution in [2.24, 2.45) is 69.9 Å². The largest absolute Gasteiger partial charge is 0.506 e. The number of H-pyrrole nitrogens is 1. The normalized spacial score (nSPS) is 17.6. The molecule has 6 fully saturated rings. The number of allylic oxidation sites excluding steroid dienone is 1. The molecular weight excluding hydrogens is 1950 g/mol. The Labute approximate surface area is 872 Å². The highest BCUT2D eigenvalue weighted by Crippen LogP contribution is 2.37. The SMILES string of the molecule is C/C=C/CC(N)C1CCN(C(=O)Nc2ccncc2)CC1.C=CCC(N)C1CCN(C(=O)Nc2ccncc2)CC1.C=CCC(N)C1CCN(C(=O)Nc2ncnc3nc[nH]c23)CC1.COCC(N)C1CCN(S(=O)(=O)c2cccc3cnccc23)CC1.NC(Cc1ccc(O)c2ncccc12)C1CCN(S(=O)(=O)c2cccc3cnccc23)CC1.NC(Cc1ccccn1)C1CCN(S(=O)(=O)c2cccc3cnccc23)CC1. The number of pyridine rings is 7. The van der Waals surface area contributed by atoms with Gasteiger partial charge >= 0.3 is 18.1 Å². The molecule has 4 aromatic carbocycles. The molecular formula is C109H140N26O11S3. The van der Waals surface area contributed by atoms with Gasteiger partial charge in [0.2, 0.25) is 30.1 Å². The van der Waals surface area contributed by atoms with Crippen LogP contribution in [0.1, 0.15) is 114 Å². The number of phenols is 1. The molecule has 0 saturated carbocycles. The van der Waals surface area contributed by atoms with Crippen molar-refractivity contribution in [1.29, 1.82) is 0 Å². The van der Waals surface area contributed by atoms with Crippen molar-refractivity contribution in [3.05, 3.63) is 275 Å². The Morgan fingerprint density at radius 2 is 0.812 bits per heavy atom. The van der Waals surface area contributed by atoms with Crippen LogP contribution in [0.25, 0.3) is 54.4 Å². The minimum Gasteiger partial charge on any atom is -0.506 e. The van der Waals surface area contributed by atoms with E-state index in [1.54, 1.807) is 184 Å². The first kappa shape index (κ1) is 111. The Morgan fingerprint density at radius 1 is 0.416 bits per heavy atom. The molecule has 40 heteroatoms. The van der Waals surface area contributed by atoms with Crippen molar-refractivity contribution >= 4 is 120 Å². The van der Waals surface area contributed by atoms with E-state index in [4.69, 9.17) is 39.1 Å². The molecule has 0 aliphatic carbocycles. The number of carbonyl (C=O) groups excluding carboxylic acids is 3. The molecule has 0 radical (unpaired) electrons. The number of rotatable bonds is 27. The number of phenolic OH excluding ortho intramolecular Hbond substituents is 1. The molecule has 6 aliphatic heterocycles. The number of ether oxygens (including phenoxy) is 1. The fourth-order valence-corrected chi connectivity index (χ4v) is 25.3. The lowest BCUT2D eigenvalue weighted by Gasteiger charge is -2.34. The minimum atomic E-state index is -3.60. The number of nitrogens with one attached hydrogen (secondary N) is 4. The Hall–Kier alpha value is -13.2. The maximum Gasteiger partial charge on any atom is 0.323 e. The maximum absolute atomic E-state index is 13.4. The molecule has 0 spiro atoms. The summed E-state index contributed by atoms with van der Waals surface area (Å²) in [6, 6.07) is 41.6. The van der Waals surface area contributed by atoms with Gasteiger partial charge in [-0.2, -0.15) is 12.9 Å². The van der Waals surface area contributed by atoms with Crippen LogP contribution in [0.3, 0.4) is 0 Å². The number of likely N-dealkylation sites (tertiary alicyclic amines) is 3. The summed E-state index contributed by atoms with van der Waals surface area (Å²) in [7, 11) is -9.03. The van der Waals surface area contributed by atoms with E-state index in [0.29, 0.717) is 168 Å². The van der Waals surface area contributed by atoms with Gasteiger partial charge in [-0.1, -0.05) is 78.9 Å². The molecule has 6 saturated heterocycles. The molecule has 17 N–H and O–H groups in total. The number of nitrogens with two attached hydrogens (primary N) is 6. The molecule has 19 rings (SSSR count). The third-order valence-corrected chi connectivity index (χ3v) is 34.9. The fraction of sp³-hybridized carbons (Fsp3) is 0.404. The van der Waals surface area contributed by atoms with Crippen LogP contribution in [0.4, 0.5) is 31.6 Å². The predicted octanol–water partition coefficient (Wildman–Crippen LogP) is 14.0. The number of amides is 6. The molecule has 13 aromatic rings. The zero-order valence-electron chi connectivity index (χ0n) is 84.6. The second kappa shape index (κ2) is 54.3. The first-order valence-corrected chi connectivity index (χ1v) is 55.4. The third kappa shape index (κ3) is 29.7. The minimum absolute atomic E-state index is 0.0108. The van der Waals surface area contributed by atoms with Crippen molar-refractivity contribution in [3.63, 3.8) is 0 Å². The van der Waals surface area contributed by atoms with Crippen LogP contribution in [0.2, 0.25) is 0 Å². The average Bonchev–Trinajstić information content (AvgIpc) is 0.818. The number of hydrogen-bond acceptors (Lipinski definition) is 27. The molecule has 37 nitrogen and oxygen atoms in total. The first-order chi connectivity index (χ1) is 72.1. The highest BCUT2D eigenvalue weighted by atomic mass is 32.2. The van der Waals surface area contributed by atoms with Gasteiger partial charge < -0.3 is 74.6 Å². The van der Waals surface area contributed by atoms with Gasteiger partial charge in [0.1, 0.15) is 23.1 Å². The quantitative estimate of drug-likeness (QED) is 0.0213. The number of hydrogen-bond donors (Lipinski definition) is 11. The molecule has 0 bridgehead atoms. The lowest BCUT2D eigenvalue weighted by molar-refractivity contribution is 0.136. The fourth-order valence-electron chi connectivity index (χ4n) is 20.2. The van der Waals surface area contributed by atoms with Crippen LogP contribution < -0.4 is 50.4 Å². The van der Waals surface area contributed by atoms with Crippen LogP contribution in [0.15, 0.2) is 279 Å². The monoisotopic (exact) mass is 2090 g/mol. The van der Waals surface area contributed by atoms with Crippen molar-refractivity contribution in [2.45, 2.75) is 167 Å². The number of aromatic amines is 1. The van der Waals surface area contributed by atoms with E-state index in [1.165, 1.54) is 12.7 Å². The summed E-state index contributed by atoms with van der Waals surface area (Å²) < 4.78 is 89.2. The number of fused-ring (bicyclic) bond motifs is 5. The Balaban J connectivity index is 0.000000142. The number of benzene rings is 4. The van der Waals surface area contributed by atoms with E-state index in [9.17, 15) is 44.7 Å². The van der Waals surface area contributed by atoms with Gasteiger partial charge in [0.05, 0.1) is 27.6 Å². The van der Waals surface area contributed by atoms with Gasteiger partial charge in [-0.25, -0.2) is 54.6 Å². The summed E-state index contributed by atoms with van der Waals surface area (Å²) in [4.78, 5) is 87.1. The van der Waals surface area contributed by atoms with E-state index >= 15 is 0 Å². The zero-order valence-corrected chi connectivity index (χ0v) is 87.1. The lowest BCUT2D eigenvalue weighted by Crippen LogP contribution is -2.45. The Morgan fingerprint density at radius 3 is 1.23 bits per heavy atom. The average molecular weight is 2090 g/mol. The molecule has 6 atom stereocenters. The van der Waals surface area contributed by atoms with Crippen LogP contribution in [-0.2, 0) is 47.6 Å². The van der Waals surface area contributed by atoms with E-state index in [1.807, 2.05) is 89.5 Å². The zero-order chi connectivity index (χ0) is 105. The van der Waals surface area contributed by atoms with Gasteiger partial charge in [0.25, 0.3) is 0 Å². The molecule has 15 heterocycles. The van der Waals surface area contributed by atoms with E-state index in [0.717, 1.165) is 154 Å². The molecule has 6 aliphatic rings. The van der Waals surface area contributed by atoms with Crippen molar-refractivity contribution in [1.82, 2.24) is 82.4 Å². The summed E-state index contributed by atoms with van der Waals surface area (Å²) in [5.41, 5.74) is 42.9. The van der Waals surface area contributed by atoms with Gasteiger partial charge in [-0.15, -0.1) is 13.2 Å². The standard InChI is InChI=1S/C25H26N4O3S.C21H24N4O2S.C17H23N3O3S.C16H24N4O.C15H21N7O.C15H22N4O/c26-22(15-18-6-7-23(30)25-21(18)4-2-11-28-25)17-9-13-29(14-10-17)33(31,32)24-5-1-3-19-16-27-12-8-20(19)24;22-20(14-18-5-1-2-10-24-18)16-8-12-25(13-9-16)28(26,27)21-6-3-4-17-15-23-11-7-19(17)21;1-23-12-16(18)13-6-9-20(10-7-13)24(21,22)17-4-2-3-14-11-19-8-5-15(14)17;1-2-3-4-15(17)13-7-11-20(12-8-13)16(21)19-14-5-9-18-10-6-14;1-2-3-11(16)10-4-6-22(7-5-10)15(23)21-14-12-13(18-8-17-12)19-9-20-14;1-2-3-14(16)12-6-10-19(11-7-12)15(20)18-13-4-8-17-9-5-13/h1-8,11-12,16-17,22,30H,9-10,13-15,26H2;1-7,10-11,15-16,20H,8-9,12-14,22H2;2-5,8,11,13,16H,6-7,9-10,12,18H2,1H3;2-3,5-6,9-10,13,15H,4,7-8,11-12,17H2,1H3,(H,18,19,21);2,8-11H,1,3-7,16H2,(H2,17,18,19,20,21,23);2,4-5,8-9,12,14H,1,3,6-7,10-11,16H2,(H,17,18,20)/b;;;3-2+;;. The van der Waals surface area contributed by atoms with Crippen molar-refractivity contribution in [3.8, 4) is 5.75 Å². The van der Waals surface area contributed by atoms with Crippen LogP contribution in [0.5, 0.6) is 5.75 Å². The number of aromatic hydroxyl groups is 1. The number of imidazole rings is 1. The van der Waals surface area contributed by atoms with Crippen molar-refractivity contribution in [2.75, 3.05) is 108 Å². The predicted molar refractivity (Wildman–Crippen MR) is 584 cm³/mol. The Kier molecular flexibility index (Phi) is 40.6. The smallest absolute Gasteiger partial charge is 0.323 e. The highest BCUT2D eigenvalue weighted by Gasteiger charge is 2.38. The summed E-state index contributed by atoms with van der Waals surface area (Å²) >= 11 is 0. The second-order valence-electron chi connectivity index (χ2n) is 38.5. The molecule has 9 aromatic heterocycles. The van der Waals surface area contributed by atoms with E-state index in [2.05, 4.69) is 90.0 Å².